The second kappa shape index (κ2) is 12.5. The van der Waals surface area contributed by atoms with Crippen molar-refractivity contribution in [3.63, 3.8) is 0 Å². The van der Waals surface area contributed by atoms with Crippen molar-refractivity contribution >= 4 is 80.1 Å². The first-order valence-corrected chi connectivity index (χ1v) is 14.7. The lowest BCUT2D eigenvalue weighted by Crippen LogP contribution is -2.31. The Morgan fingerprint density at radius 1 is 0.950 bits per heavy atom. The third-order valence-electron chi connectivity index (χ3n) is 5.92. The fraction of sp³-hybridized carbons (Fsp3) is 0.0667. The normalized spacial score (nSPS) is 15.3. The number of carbonyl (C=O) groups excluding carboxylic acids is 4. The number of halogens is 1. The number of nitrogens with zero attached hydrogens (tertiary/aromatic N) is 1. The van der Waals surface area contributed by atoms with E-state index in [1.807, 2.05) is 29.6 Å². The van der Waals surface area contributed by atoms with Gasteiger partial charge in [0.05, 0.1) is 10.9 Å². The molecule has 10 heteroatoms. The average Bonchev–Trinajstić information content (AvgIpc) is 3.56. The van der Waals surface area contributed by atoms with Gasteiger partial charge in [-0.3, -0.25) is 19.2 Å². The number of imide groups is 1. The lowest BCUT2D eigenvalue weighted by molar-refractivity contribution is -0.121. The van der Waals surface area contributed by atoms with Crippen molar-refractivity contribution in [1.29, 1.82) is 0 Å². The molecule has 200 valence electrons. The maximum absolute atomic E-state index is 13.3. The van der Waals surface area contributed by atoms with Crippen molar-refractivity contribution < 1.29 is 19.2 Å². The van der Waals surface area contributed by atoms with Gasteiger partial charge < -0.3 is 10.6 Å². The Morgan fingerprint density at radius 3 is 2.45 bits per heavy atom. The largest absolute Gasteiger partial charge is 0.321 e. The number of rotatable bonds is 8. The van der Waals surface area contributed by atoms with Crippen molar-refractivity contribution in [2.24, 2.45) is 0 Å². The van der Waals surface area contributed by atoms with Crippen molar-refractivity contribution in [3.8, 4) is 0 Å². The molecule has 0 radical (unpaired) electrons. The van der Waals surface area contributed by atoms with Crippen LogP contribution in [0.3, 0.4) is 0 Å². The maximum atomic E-state index is 13.3. The zero-order chi connectivity index (χ0) is 28.1. The number of nitrogens with one attached hydrogen (secondary N) is 2. The van der Waals surface area contributed by atoms with Crippen molar-refractivity contribution in [1.82, 2.24) is 5.32 Å². The zero-order valence-electron chi connectivity index (χ0n) is 20.9. The molecule has 2 heterocycles. The van der Waals surface area contributed by atoms with Gasteiger partial charge in [0.1, 0.15) is 5.70 Å². The number of thioether (sulfide) groups is 1. The average molecular weight is 633 g/mol. The van der Waals surface area contributed by atoms with Crippen LogP contribution in [-0.4, -0.2) is 28.9 Å². The van der Waals surface area contributed by atoms with Crippen LogP contribution >= 0.6 is 39.0 Å². The van der Waals surface area contributed by atoms with E-state index in [9.17, 15) is 19.2 Å². The molecule has 1 aromatic heterocycles. The summed E-state index contributed by atoms with van der Waals surface area (Å²) in [6, 6.07) is 26.4. The highest BCUT2D eigenvalue weighted by Gasteiger charge is 2.40. The molecular weight excluding hydrogens is 610 g/mol. The van der Waals surface area contributed by atoms with Gasteiger partial charge in [-0.05, 0) is 72.1 Å². The molecule has 40 heavy (non-hydrogen) atoms. The van der Waals surface area contributed by atoms with Crippen LogP contribution in [0.15, 0.2) is 111 Å². The molecule has 3 aromatic carbocycles. The number of benzene rings is 3. The number of carbonyl (C=O) groups is 4. The summed E-state index contributed by atoms with van der Waals surface area (Å²) < 4.78 is 0.855. The van der Waals surface area contributed by atoms with E-state index in [1.54, 1.807) is 72.8 Å². The lowest BCUT2D eigenvalue weighted by Gasteiger charge is -2.15. The lowest BCUT2D eigenvalue weighted by atomic mass is 10.2. The van der Waals surface area contributed by atoms with Crippen LogP contribution < -0.4 is 15.5 Å². The molecular formula is C30H22BrN3O4S2. The van der Waals surface area contributed by atoms with Gasteiger partial charge in [0, 0.05) is 31.9 Å². The number of amides is 4. The predicted molar refractivity (Wildman–Crippen MR) is 162 cm³/mol. The van der Waals surface area contributed by atoms with E-state index in [2.05, 4.69) is 26.6 Å². The Hall–Kier alpha value is -3.99. The van der Waals surface area contributed by atoms with Crippen molar-refractivity contribution in [3.05, 3.63) is 117 Å². The van der Waals surface area contributed by atoms with Gasteiger partial charge >= 0.3 is 0 Å². The van der Waals surface area contributed by atoms with E-state index in [-0.39, 0.29) is 23.9 Å². The van der Waals surface area contributed by atoms with Crippen LogP contribution in [0.25, 0.3) is 6.08 Å². The molecule has 1 saturated heterocycles. The summed E-state index contributed by atoms with van der Waals surface area (Å²) in [5.41, 5.74) is 1.54. The molecule has 1 unspecified atom stereocenters. The molecule has 2 N–H and O–H groups in total. The van der Waals surface area contributed by atoms with Crippen LogP contribution in [0.1, 0.15) is 21.7 Å². The fourth-order valence-corrected chi connectivity index (χ4v) is 6.06. The molecule has 1 aliphatic heterocycles. The molecule has 7 nitrogen and oxygen atoms in total. The van der Waals surface area contributed by atoms with Crippen molar-refractivity contribution in [2.75, 3.05) is 10.2 Å². The summed E-state index contributed by atoms with van der Waals surface area (Å²) in [6.45, 7) is 0. The van der Waals surface area contributed by atoms with Gasteiger partial charge in [0.25, 0.3) is 11.8 Å². The summed E-state index contributed by atoms with van der Waals surface area (Å²) in [5.74, 6) is -1.43. The second-order valence-corrected chi connectivity index (χ2v) is 11.9. The number of thiophene rings is 1. The Bertz CT molecular complexity index is 1590. The minimum Gasteiger partial charge on any atom is -0.321 e. The minimum absolute atomic E-state index is 0.0787. The molecule has 1 fully saturated rings. The Labute approximate surface area is 247 Å². The molecule has 0 spiro atoms. The molecule has 1 aliphatic rings. The predicted octanol–water partition coefficient (Wildman–Crippen LogP) is 6.34. The smallest absolute Gasteiger partial charge is 0.272 e. The summed E-state index contributed by atoms with van der Waals surface area (Å²) in [6.07, 6.45) is 1.70. The van der Waals surface area contributed by atoms with Crippen LogP contribution in [-0.2, 0) is 14.4 Å². The highest BCUT2D eigenvalue weighted by Crippen LogP contribution is 2.35. The van der Waals surface area contributed by atoms with E-state index >= 15 is 0 Å². The summed E-state index contributed by atoms with van der Waals surface area (Å²) in [4.78, 5) is 54.6. The monoisotopic (exact) mass is 631 g/mol. The van der Waals surface area contributed by atoms with E-state index in [0.717, 1.165) is 14.2 Å². The maximum Gasteiger partial charge on any atom is 0.272 e. The summed E-state index contributed by atoms with van der Waals surface area (Å²) >= 11 is 6.08. The second-order valence-electron chi connectivity index (χ2n) is 8.73. The Kier molecular flexibility index (Phi) is 8.59. The number of anilines is 2. The number of hydrogen-bond donors (Lipinski definition) is 2. The van der Waals surface area contributed by atoms with Crippen LogP contribution in [0, 0.1) is 0 Å². The summed E-state index contributed by atoms with van der Waals surface area (Å²) in [7, 11) is 0. The quantitative estimate of drug-likeness (QED) is 0.175. The number of hydrogen-bond acceptors (Lipinski definition) is 6. The van der Waals surface area contributed by atoms with Gasteiger partial charge in [-0.1, -0.05) is 46.3 Å². The molecule has 0 saturated carbocycles. The standard InChI is InChI=1S/C30H22BrN3O4S2/c31-20-11-13-22(14-12-20)34-27(35)18-26(30(34)38)40-24-9-4-8-21(16-24)32-29(37)25(17-23-10-5-15-39-23)33-28(36)19-6-2-1-3-7-19/h1-17,26H,18H2,(H,32,37)(H,33,36). The van der Waals surface area contributed by atoms with Gasteiger partial charge in [-0.2, -0.15) is 0 Å². The van der Waals surface area contributed by atoms with Gasteiger partial charge in [0.15, 0.2) is 0 Å². The van der Waals surface area contributed by atoms with E-state index < -0.39 is 17.1 Å². The third-order valence-corrected chi connectivity index (χ3v) is 8.45. The first kappa shape index (κ1) is 27.6. The van der Waals surface area contributed by atoms with Crippen LogP contribution in [0.2, 0.25) is 0 Å². The van der Waals surface area contributed by atoms with Gasteiger partial charge in [-0.25, -0.2) is 4.90 Å². The van der Waals surface area contributed by atoms with Crippen molar-refractivity contribution in [2.45, 2.75) is 16.6 Å². The highest BCUT2D eigenvalue weighted by molar-refractivity contribution is 9.10. The van der Waals surface area contributed by atoms with Crippen LogP contribution in [0.5, 0.6) is 0 Å². The molecule has 4 aromatic rings. The first-order valence-electron chi connectivity index (χ1n) is 12.2. The topological polar surface area (TPSA) is 95.6 Å². The molecule has 0 aliphatic carbocycles. The van der Waals surface area contributed by atoms with Crippen LogP contribution in [0.4, 0.5) is 11.4 Å². The molecule has 4 amide bonds. The summed E-state index contributed by atoms with van der Waals surface area (Å²) in [5, 5.41) is 6.86. The molecule has 0 bridgehead atoms. The third kappa shape index (κ3) is 6.59. The van der Waals surface area contributed by atoms with E-state index in [1.165, 1.54) is 28.0 Å². The zero-order valence-corrected chi connectivity index (χ0v) is 24.1. The van der Waals surface area contributed by atoms with E-state index in [4.69, 9.17) is 0 Å². The fourth-order valence-electron chi connectivity index (χ4n) is 4.03. The SMILES string of the molecule is O=C(Nc1cccc(SC2CC(=O)N(c3ccc(Br)cc3)C2=O)c1)C(=Cc1cccs1)NC(=O)c1ccccc1. The minimum atomic E-state index is -0.582. The molecule has 5 rings (SSSR count). The first-order chi connectivity index (χ1) is 19.4. The molecule has 1 atom stereocenters. The van der Waals surface area contributed by atoms with E-state index in [0.29, 0.717) is 16.9 Å². The Balaban J connectivity index is 1.30. The van der Waals surface area contributed by atoms with Gasteiger partial charge in [0.2, 0.25) is 11.8 Å². The van der Waals surface area contributed by atoms with Gasteiger partial charge in [-0.15, -0.1) is 23.1 Å². The highest BCUT2D eigenvalue weighted by atomic mass is 79.9. The Morgan fingerprint density at radius 2 is 1.73 bits per heavy atom.